The van der Waals surface area contributed by atoms with E-state index >= 15 is 0 Å². The van der Waals surface area contributed by atoms with Crippen molar-refractivity contribution < 1.29 is 8.42 Å². The van der Waals surface area contributed by atoms with Gasteiger partial charge in [0, 0.05) is 18.7 Å². The molecule has 10 heavy (non-hydrogen) atoms. The zero-order valence-corrected chi connectivity index (χ0v) is 6.90. The summed E-state index contributed by atoms with van der Waals surface area (Å²) in [6.45, 7) is 1.67. The Hall–Kier alpha value is -0.420. The summed E-state index contributed by atoms with van der Waals surface area (Å²) >= 11 is 0. The summed E-state index contributed by atoms with van der Waals surface area (Å²) < 4.78 is 21.2. The maximum atomic E-state index is 10.6. The van der Waals surface area contributed by atoms with Gasteiger partial charge in [-0.2, -0.15) is 0 Å². The van der Waals surface area contributed by atoms with Gasteiger partial charge in [-0.3, -0.25) is 5.41 Å². The fourth-order valence-electron chi connectivity index (χ4n) is 0.444. The van der Waals surface area contributed by atoms with Gasteiger partial charge in [-0.05, 0) is 6.92 Å². The highest BCUT2D eigenvalue weighted by Gasteiger charge is 2.11. The van der Waals surface area contributed by atoms with E-state index < -0.39 is 9.84 Å². The van der Waals surface area contributed by atoms with E-state index in [1.807, 2.05) is 0 Å². The number of hydrogen-bond acceptors (Lipinski definition) is 4. The molecule has 0 aromatic rings. The van der Waals surface area contributed by atoms with E-state index in [0.29, 0.717) is 0 Å². The van der Waals surface area contributed by atoms with Gasteiger partial charge in [0.2, 0.25) is 0 Å². The first-order valence-electron chi connectivity index (χ1n) is 2.87. The minimum Gasteiger partial charge on any atom is -0.328 e. The summed E-state index contributed by atoms with van der Waals surface area (Å²) in [7, 11) is -3.29. The number of sulfone groups is 1. The fourth-order valence-corrected chi connectivity index (χ4v) is 1.01. The second kappa shape index (κ2) is 3.12. The molecule has 0 saturated carbocycles. The molecule has 0 aliphatic carbocycles. The van der Waals surface area contributed by atoms with Gasteiger partial charge in [0.05, 0.1) is 0 Å². The van der Waals surface area contributed by atoms with Crippen LogP contribution < -0.4 is 5.73 Å². The summed E-state index contributed by atoms with van der Waals surface area (Å²) in [4.78, 5) is 0. The van der Waals surface area contributed by atoms with Crippen molar-refractivity contribution in [1.82, 2.24) is 0 Å². The third kappa shape index (κ3) is 3.58. The van der Waals surface area contributed by atoms with Gasteiger partial charge >= 0.3 is 0 Å². The van der Waals surface area contributed by atoms with Gasteiger partial charge < -0.3 is 5.73 Å². The minimum absolute atomic E-state index is 0.124. The predicted molar refractivity (Wildman–Crippen MR) is 40.8 cm³/mol. The molecule has 0 rings (SSSR count). The summed E-state index contributed by atoms with van der Waals surface area (Å²) in [5.41, 5.74) is 5.28. The molecule has 60 valence electrons. The molecule has 0 aliphatic heterocycles. The largest absolute Gasteiger partial charge is 0.328 e. The normalized spacial score (nSPS) is 14.7. The molecule has 0 spiro atoms. The minimum atomic E-state index is -3.29. The summed E-state index contributed by atoms with van der Waals surface area (Å²) in [5.74, 6) is 0. The fraction of sp³-hybridized carbons (Fsp3) is 0.800. The molecule has 4 nitrogen and oxygen atoms in total. The van der Waals surface area contributed by atoms with Crippen molar-refractivity contribution >= 4 is 14.9 Å². The van der Waals surface area contributed by atoms with Crippen LogP contribution in [-0.4, -0.2) is 25.8 Å². The lowest BCUT2D eigenvalue weighted by Crippen LogP contribution is -2.23. The van der Waals surface area contributed by atoms with E-state index in [2.05, 4.69) is 0 Å². The van der Waals surface area contributed by atoms with Crippen LogP contribution in [-0.2, 0) is 9.84 Å². The monoisotopic (exact) mass is 164 g/mol. The Bertz CT molecular complexity index is 218. The maximum Gasteiger partial charge on any atom is 0.188 e. The van der Waals surface area contributed by atoms with Crippen LogP contribution in [0.1, 0.15) is 13.3 Å². The van der Waals surface area contributed by atoms with Gasteiger partial charge in [0.25, 0.3) is 0 Å². The Morgan fingerprint density at radius 3 is 2.20 bits per heavy atom. The van der Waals surface area contributed by atoms with Gasteiger partial charge in [0.1, 0.15) is 5.04 Å². The number of nitrogens with one attached hydrogen (secondary N) is 1. The van der Waals surface area contributed by atoms with Crippen LogP contribution in [0.15, 0.2) is 0 Å². The van der Waals surface area contributed by atoms with Crippen molar-refractivity contribution in [1.29, 1.82) is 5.41 Å². The van der Waals surface area contributed by atoms with Crippen molar-refractivity contribution in [2.45, 2.75) is 19.4 Å². The number of rotatable bonds is 2. The van der Waals surface area contributed by atoms with Crippen LogP contribution >= 0.6 is 0 Å². The molecular formula is C5H12N2O2S. The number of hydrogen-bond donors (Lipinski definition) is 2. The summed E-state index contributed by atoms with van der Waals surface area (Å²) in [5, 5.41) is 6.71. The topological polar surface area (TPSA) is 84.0 Å². The second-order valence-electron chi connectivity index (χ2n) is 2.38. The van der Waals surface area contributed by atoms with Crippen LogP contribution in [0.5, 0.6) is 0 Å². The zero-order chi connectivity index (χ0) is 8.36. The van der Waals surface area contributed by atoms with Crippen molar-refractivity contribution in [2.75, 3.05) is 6.26 Å². The highest BCUT2D eigenvalue weighted by atomic mass is 32.2. The van der Waals surface area contributed by atoms with Crippen molar-refractivity contribution in [3.05, 3.63) is 0 Å². The van der Waals surface area contributed by atoms with Crippen LogP contribution in [0.4, 0.5) is 0 Å². The average Bonchev–Trinajstić information content (AvgIpc) is 1.60. The molecule has 0 aromatic heterocycles. The third-order valence-electron chi connectivity index (χ3n) is 0.955. The average molecular weight is 164 g/mol. The second-order valence-corrected chi connectivity index (χ2v) is 4.41. The Balaban J connectivity index is 4.14. The SMILES string of the molecule is C[C@@H](N)CC(=N)S(C)(=O)=O. The first kappa shape index (κ1) is 9.58. The first-order chi connectivity index (χ1) is 4.34. The molecule has 0 radical (unpaired) electrons. The summed E-state index contributed by atoms with van der Waals surface area (Å²) in [6.07, 6.45) is 1.14. The highest BCUT2D eigenvalue weighted by Crippen LogP contribution is 1.95. The van der Waals surface area contributed by atoms with E-state index in [9.17, 15) is 8.42 Å². The Morgan fingerprint density at radius 1 is 1.70 bits per heavy atom. The van der Waals surface area contributed by atoms with Gasteiger partial charge in [0.15, 0.2) is 9.84 Å². The van der Waals surface area contributed by atoms with Gasteiger partial charge in [-0.25, -0.2) is 8.42 Å². The molecule has 0 amide bonds. The van der Waals surface area contributed by atoms with Crippen molar-refractivity contribution in [2.24, 2.45) is 5.73 Å². The highest BCUT2D eigenvalue weighted by molar-refractivity contribution is 8.05. The van der Waals surface area contributed by atoms with Crippen LogP contribution in [0.3, 0.4) is 0 Å². The van der Waals surface area contributed by atoms with E-state index in [1.165, 1.54) is 0 Å². The smallest absolute Gasteiger partial charge is 0.188 e. The van der Waals surface area contributed by atoms with E-state index in [4.69, 9.17) is 11.1 Å². The standard InChI is InChI=1S/C5H12N2O2S/c1-4(6)3-5(7)10(2,8)9/h4,7H,3,6H2,1-2H3/t4-/m1/s1. The van der Waals surface area contributed by atoms with E-state index in [1.54, 1.807) is 6.92 Å². The molecule has 1 atom stereocenters. The molecule has 5 heteroatoms. The number of nitrogens with two attached hydrogens (primary N) is 1. The van der Waals surface area contributed by atoms with E-state index in [0.717, 1.165) is 6.26 Å². The molecule has 0 bridgehead atoms. The molecule has 0 aromatic carbocycles. The molecule has 0 aliphatic rings. The van der Waals surface area contributed by atoms with Crippen LogP contribution in [0.25, 0.3) is 0 Å². The first-order valence-corrected chi connectivity index (χ1v) is 4.76. The molecule has 0 unspecified atom stereocenters. The molecule has 3 N–H and O–H groups in total. The molecular weight excluding hydrogens is 152 g/mol. The van der Waals surface area contributed by atoms with Crippen molar-refractivity contribution in [3.8, 4) is 0 Å². The van der Waals surface area contributed by atoms with Crippen LogP contribution in [0.2, 0.25) is 0 Å². The Labute approximate surface area is 60.8 Å². The van der Waals surface area contributed by atoms with Crippen LogP contribution in [0, 0.1) is 5.41 Å². The lowest BCUT2D eigenvalue weighted by molar-refractivity contribution is 0.610. The Kier molecular flexibility index (Phi) is 2.98. The zero-order valence-electron chi connectivity index (χ0n) is 6.09. The van der Waals surface area contributed by atoms with E-state index in [-0.39, 0.29) is 17.5 Å². The predicted octanol–water partition coefficient (Wildman–Crippen LogP) is -0.254. The summed E-state index contributed by atoms with van der Waals surface area (Å²) in [6, 6.07) is -0.262. The molecule has 0 heterocycles. The lowest BCUT2D eigenvalue weighted by Gasteiger charge is -2.03. The Morgan fingerprint density at radius 2 is 2.10 bits per heavy atom. The third-order valence-corrected chi connectivity index (χ3v) is 2.02. The van der Waals surface area contributed by atoms with Gasteiger partial charge in [-0.15, -0.1) is 0 Å². The maximum absolute atomic E-state index is 10.6. The van der Waals surface area contributed by atoms with Gasteiger partial charge in [-0.1, -0.05) is 0 Å². The quantitative estimate of drug-likeness (QED) is 0.436. The lowest BCUT2D eigenvalue weighted by atomic mass is 10.3. The van der Waals surface area contributed by atoms with Crippen molar-refractivity contribution in [3.63, 3.8) is 0 Å². The molecule has 0 saturated heterocycles. The molecule has 0 fully saturated rings.